The van der Waals surface area contributed by atoms with E-state index in [1.807, 2.05) is 0 Å². The van der Waals surface area contributed by atoms with Gasteiger partial charge in [0, 0.05) is 29.5 Å². The number of carboxylic acids is 1. The number of hydrogen-bond acceptors (Lipinski definition) is 6. The van der Waals surface area contributed by atoms with Crippen LogP contribution in [-0.2, 0) is 21.1 Å². The molecule has 3 amide bonds. The summed E-state index contributed by atoms with van der Waals surface area (Å²) in [6.07, 6.45) is 2.45. The highest BCUT2D eigenvalue weighted by atomic mass is 35.5. The van der Waals surface area contributed by atoms with Gasteiger partial charge in [-0.1, -0.05) is 65.1 Å². The van der Waals surface area contributed by atoms with Crippen molar-refractivity contribution in [1.82, 2.24) is 10.3 Å². The highest BCUT2D eigenvalue weighted by molar-refractivity contribution is 7.91. The van der Waals surface area contributed by atoms with Crippen LogP contribution < -0.4 is 16.0 Å². The number of hydrogen-bond donors (Lipinski definition) is 4. The monoisotopic (exact) mass is 646 g/mol. The molecule has 4 N–H and O–H groups in total. The SMILES string of the molecule is O=C(Nc1cc(Cl)ccc1S(=O)(=O)c1ccccc1)N[C@@H](Cc1ccc(NC(=O)c2c(Cl)cncc2Cl)cc1)C(=O)O. The first-order valence-electron chi connectivity index (χ1n) is 12.0. The number of nitrogens with zero attached hydrogens (tertiary/aromatic N) is 1. The summed E-state index contributed by atoms with van der Waals surface area (Å²) in [6, 6.07) is 15.4. The number of nitrogens with one attached hydrogen (secondary N) is 3. The largest absolute Gasteiger partial charge is 0.480 e. The summed E-state index contributed by atoms with van der Waals surface area (Å²) >= 11 is 18.1. The molecule has 216 valence electrons. The molecule has 0 saturated carbocycles. The van der Waals surface area contributed by atoms with Crippen LogP contribution >= 0.6 is 34.8 Å². The zero-order chi connectivity index (χ0) is 30.4. The highest BCUT2D eigenvalue weighted by Gasteiger charge is 2.25. The van der Waals surface area contributed by atoms with Crippen LogP contribution in [0.2, 0.25) is 15.1 Å². The Morgan fingerprint density at radius 3 is 2.12 bits per heavy atom. The van der Waals surface area contributed by atoms with E-state index < -0.39 is 33.8 Å². The van der Waals surface area contributed by atoms with Crippen molar-refractivity contribution < 1.29 is 27.9 Å². The molecule has 1 heterocycles. The maximum absolute atomic E-state index is 13.2. The minimum Gasteiger partial charge on any atom is -0.480 e. The maximum atomic E-state index is 13.2. The van der Waals surface area contributed by atoms with Gasteiger partial charge < -0.3 is 21.1 Å². The molecule has 3 aromatic carbocycles. The van der Waals surface area contributed by atoms with Gasteiger partial charge in [-0.25, -0.2) is 18.0 Å². The molecule has 0 bridgehead atoms. The number of amides is 3. The summed E-state index contributed by atoms with van der Waals surface area (Å²) in [4.78, 5) is 40.9. The lowest BCUT2D eigenvalue weighted by Gasteiger charge is -2.17. The van der Waals surface area contributed by atoms with E-state index in [2.05, 4.69) is 20.9 Å². The van der Waals surface area contributed by atoms with E-state index in [4.69, 9.17) is 34.8 Å². The lowest BCUT2D eigenvalue weighted by Crippen LogP contribution is -2.44. The van der Waals surface area contributed by atoms with E-state index in [-0.39, 0.29) is 42.5 Å². The second-order valence-electron chi connectivity index (χ2n) is 8.78. The fraction of sp³-hybridized carbons (Fsp3) is 0.0714. The standard InChI is InChI=1S/C28H21Cl3N4O6S/c29-17-8-11-24(42(40,41)19-4-2-1-3-5-19)22(13-17)34-28(39)35-23(27(37)38)12-16-6-9-18(10-7-16)33-26(36)25-20(30)14-32-15-21(25)31/h1-11,13-15,23H,12H2,(H,33,36)(H,37,38)(H2,34,35,39)/t23-/m0/s1. The number of pyridine rings is 1. The Hall–Kier alpha value is -4.16. The zero-order valence-corrected chi connectivity index (χ0v) is 24.4. The average Bonchev–Trinajstić information content (AvgIpc) is 2.94. The van der Waals surface area contributed by atoms with Crippen molar-refractivity contribution in [3.63, 3.8) is 0 Å². The summed E-state index contributed by atoms with van der Waals surface area (Å²) in [5.74, 6) is -1.88. The molecule has 0 aliphatic heterocycles. The van der Waals surface area contributed by atoms with Crippen molar-refractivity contribution in [1.29, 1.82) is 0 Å². The first-order valence-corrected chi connectivity index (χ1v) is 14.7. The number of halogens is 3. The fourth-order valence-electron chi connectivity index (χ4n) is 3.86. The van der Waals surface area contributed by atoms with Gasteiger partial charge in [0.2, 0.25) is 9.84 Å². The molecule has 0 fully saturated rings. The summed E-state index contributed by atoms with van der Waals surface area (Å²) in [5.41, 5.74) is 0.842. The minimum atomic E-state index is -4.03. The zero-order valence-electron chi connectivity index (χ0n) is 21.3. The van der Waals surface area contributed by atoms with Crippen molar-refractivity contribution in [2.45, 2.75) is 22.3 Å². The molecule has 4 aromatic rings. The number of anilines is 2. The van der Waals surface area contributed by atoms with E-state index in [1.165, 1.54) is 42.7 Å². The topological polar surface area (TPSA) is 155 Å². The number of urea groups is 1. The Kier molecular flexibility index (Phi) is 9.69. The summed E-state index contributed by atoms with van der Waals surface area (Å²) in [7, 11) is -4.03. The van der Waals surface area contributed by atoms with Gasteiger partial charge >= 0.3 is 12.0 Å². The van der Waals surface area contributed by atoms with Crippen LogP contribution in [0.25, 0.3) is 0 Å². The molecule has 0 aliphatic carbocycles. The predicted octanol–water partition coefficient (Wildman–Crippen LogP) is 5.94. The number of carboxylic acid groups (broad SMARTS) is 1. The van der Waals surface area contributed by atoms with Crippen molar-refractivity contribution in [3.05, 3.63) is 111 Å². The quantitative estimate of drug-likeness (QED) is 0.175. The smallest absolute Gasteiger partial charge is 0.326 e. The molecule has 1 atom stereocenters. The Balaban J connectivity index is 1.45. The van der Waals surface area contributed by atoms with Crippen LogP contribution in [0.15, 0.2) is 95.0 Å². The molecular formula is C28H21Cl3N4O6S. The van der Waals surface area contributed by atoms with Crippen LogP contribution in [0, 0.1) is 0 Å². The van der Waals surface area contributed by atoms with Gasteiger partial charge in [0.15, 0.2) is 0 Å². The second-order valence-corrected chi connectivity index (χ2v) is 11.9. The number of aliphatic carboxylic acids is 1. The Bertz CT molecular complexity index is 1730. The normalized spacial score (nSPS) is 11.8. The molecule has 0 radical (unpaired) electrons. The minimum absolute atomic E-state index is 0.00537. The van der Waals surface area contributed by atoms with Crippen LogP contribution in [0.4, 0.5) is 16.2 Å². The first-order chi connectivity index (χ1) is 20.0. The van der Waals surface area contributed by atoms with Gasteiger partial charge in [0.05, 0.1) is 31.1 Å². The third-order valence-electron chi connectivity index (χ3n) is 5.87. The summed E-state index contributed by atoms with van der Waals surface area (Å²) < 4.78 is 26.4. The molecule has 0 spiro atoms. The Morgan fingerprint density at radius 1 is 0.857 bits per heavy atom. The second kappa shape index (κ2) is 13.2. The molecule has 4 rings (SSSR count). The summed E-state index contributed by atoms with van der Waals surface area (Å²) in [5, 5.41) is 17.4. The van der Waals surface area contributed by atoms with Crippen molar-refractivity contribution in [3.8, 4) is 0 Å². The van der Waals surface area contributed by atoms with Crippen LogP contribution in [0.1, 0.15) is 15.9 Å². The van der Waals surface area contributed by atoms with Gasteiger partial charge in [-0.3, -0.25) is 9.78 Å². The van der Waals surface area contributed by atoms with Gasteiger partial charge in [0.1, 0.15) is 6.04 Å². The fourth-order valence-corrected chi connectivity index (χ4v) is 5.98. The van der Waals surface area contributed by atoms with Crippen molar-refractivity contribution in [2.75, 3.05) is 10.6 Å². The van der Waals surface area contributed by atoms with Crippen LogP contribution in [-0.4, -0.2) is 42.5 Å². The molecular weight excluding hydrogens is 627 g/mol. The maximum Gasteiger partial charge on any atom is 0.326 e. The molecule has 0 saturated heterocycles. The average molecular weight is 648 g/mol. The first kappa shape index (κ1) is 30.8. The summed E-state index contributed by atoms with van der Waals surface area (Å²) in [6.45, 7) is 0. The molecule has 42 heavy (non-hydrogen) atoms. The number of aromatic nitrogens is 1. The number of rotatable bonds is 9. The third-order valence-corrected chi connectivity index (χ3v) is 8.50. The molecule has 0 aliphatic rings. The van der Waals surface area contributed by atoms with Crippen LogP contribution in [0.5, 0.6) is 0 Å². The Morgan fingerprint density at radius 2 is 1.50 bits per heavy atom. The van der Waals surface area contributed by atoms with E-state index >= 15 is 0 Å². The molecule has 14 heteroatoms. The van der Waals surface area contributed by atoms with Gasteiger partial charge in [0.25, 0.3) is 5.91 Å². The van der Waals surface area contributed by atoms with Gasteiger partial charge in [-0.05, 0) is 48.0 Å². The van der Waals surface area contributed by atoms with E-state index in [0.717, 1.165) is 0 Å². The lowest BCUT2D eigenvalue weighted by atomic mass is 10.1. The number of carbonyl (C=O) groups excluding carboxylic acids is 2. The van der Waals surface area contributed by atoms with E-state index in [1.54, 1.807) is 42.5 Å². The van der Waals surface area contributed by atoms with Gasteiger partial charge in [-0.2, -0.15) is 0 Å². The van der Waals surface area contributed by atoms with Gasteiger partial charge in [-0.15, -0.1) is 0 Å². The molecule has 1 aromatic heterocycles. The number of sulfone groups is 1. The van der Waals surface area contributed by atoms with E-state index in [0.29, 0.717) is 11.3 Å². The number of carbonyl (C=O) groups is 3. The van der Waals surface area contributed by atoms with E-state index in [9.17, 15) is 27.9 Å². The van der Waals surface area contributed by atoms with Crippen molar-refractivity contribution in [2.24, 2.45) is 0 Å². The lowest BCUT2D eigenvalue weighted by molar-refractivity contribution is -0.139. The highest BCUT2D eigenvalue weighted by Crippen LogP contribution is 2.30. The molecule has 10 nitrogen and oxygen atoms in total. The van der Waals surface area contributed by atoms with Crippen molar-refractivity contribution >= 4 is 73.9 Å². The number of benzene rings is 3. The third kappa shape index (κ3) is 7.37. The molecule has 0 unspecified atom stereocenters. The van der Waals surface area contributed by atoms with Crippen LogP contribution in [0.3, 0.4) is 0 Å². The predicted molar refractivity (Wildman–Crippen MR) is 159 cm³/mol. The Labute approximate surface area is 255 Å².